The van der Waals surface area contributed by atoms with E-state index in [1.165, 1.54) is 18.2 Å². The molecular formula is C15H12BrClFNO2. The van der Waals surface area contributed by atoms with Crippen LogP contribution < -0.4 is 10.1 Å². The molecule has 0 unspecified atom stereocenters. The molecule has 0 atom stereocenters. The summed E-state index contributed by atoms with van der Waals surface area (Å²) < 4.78 is 19.9. The summed E-state index contributed by atoms with van der Waals surface area (Å²) in [6.45, 7) is 0.527. The molecule has 0 saturated carbocycles. The van der Waals surface area contributed by atoms with E-state index in [0.717, 1.165) is 4.47 Å². The van der Waals surface area contributed by atoms with Crippen LogP contribution in [0.5, 0.6) is 5.75 Å². The van der Waals surface area contributed by atoms with Gasteiger partial charge in [-0.25, -0.2) is 4.39 Å². The zero-order chi connectivity index (χ0) is 15.2. The molecule has 0 fully saturated rings. The Hall–Kier alpha value is -1.59. The van der Waals surface area contributed by atoms with E-state index in [2.05, 4.69) is 21.2 Å². The first kappa shape index (κ1) is 15.8. The van der Waals surface area contributed by atoms with Crippen LogP contribution in [-0.2, 0) is 0 Å². The fourth-order valence-electron chi connectivity index (χ4n) is 1.67. The van der Waals surface area contributed by atoms with Crippen LogP contribution in [0, 0.1) is 5.82 Å². The average molecular weight is 373 g/mol. The van der Waals surface area contributed by atoms with Gasteiger partial charge in [0.15, 0.2) is 0 Å². The van der Waals surface area contributed by atoms with Crippen molar-refractivity contribution in [1.82, 2.24) is 5.32 Å². The van der Waals surface area contributed by atoms with Crippen molar-refractivity contribution in [3.63, 3.8) is 0 Å². The number of nitrogens with one attached hydrogen (secondary N) is 1. The Morgan fingerprint density at radius 1 is 1.24 bits per heavy atom. The van der Waals surface area contributed by atoms with Crippen molar-refractivity contribution >= 4 is 33.4 Å². The van der Waals surface area contributed by atoms with Crippen molar-refractivity contribution in [2.75, 3.05) is 13.2 Å². The maximum atomic E-state index is 13.5. The number of halogens is 3. The highest BCUT2D eigenvalue weighted by molar-refractivity contribution is 9.10. The molecule has 0 aliphatic carbocycles. The summed E-state index contributed by atoms with van der Waals surface area (Å²) >= 11 is 9.14. The average Bonchev–Trinajstić information content (AvgIpc) is 2.45. The van der Waals surface area contributed by atoms with Gasteiger partial charge in [-0.3, -0.25) is 4.79 Å². The third kappa shape index (κ3) is 4.44. The maximum Gasteiger partial charge on any atom is 0.255 e. The summed E-state index contributed by atoms with van der Waals surface area (Å²) in [6, 6.07) is 11.4. The maximum absolute atomic E-state index is 13.5. The molecule has 110 valence electrons. The molecule has 2 rings (SSSR count). The molecule has 1 amide bonds. The smallest absolute Gasteiger partial charge is 0.255 e. The minimum atomic E-state index is -0.645. The second-order valence-corrected chi connectivity index (χ2v) is 5.48. The first-order valence-electron chi connectivity index (χ1n) is 6.18. The first-order valence-corrected chi connectivity index (χ1v) is 7.35. The molecule has 21 heavy (non-hydrogen) atoms. The predicted octanol–water partition coefficient (Wildman–Crippen LogP) is 4.05. The van der Waals surface area contributed by atoms with Gasteiger partial charge in [-0.05, 0) is 36.4 Å². The van der Waals surface area contributed by atoms with Gasteiger partial charge in [0, 0.05) is 4.47 Å². The zero-order valence-corrected chi connectivity index (χ0v) is 13.2. The minimum Gasteiger partial charge on any atom is -0.492 e. The number of rotatable bonds is 5. The quantitative estimate of drug-likeness (QED) is 0.804. The van der Waals surface area contributed by atoms with Crippen molar-refractivity contribution in [2.24, 2.45) is 0 Å². The van der Waals surface area contributed by atoms with Crippen molar-refractivity contribution in [2.45, 2.75) is 0 Å². The van der Waals surface area contributed by atoms with Gasteiger partial charge in [-0.1, -0.05) is 33.6 Å². The van der Waals surface area contributed by atoms with E-state index in [1.807, 2.05) is 12.1 Å². The molecule has 0 aliphatic heterocycles. The SMILES string of the molecule is O=C(NCCOc1ccc(Br)cc1)c1c(F)cccc1Cl. The number of carbonyl (C=O) groups is 1. The van der Waals surface area contributed by atoms with Crippen LogP contribution in [0.1, 0.15) is 10.4 Å². The van der Waals surface area contributed by atoms with Crippen LogP contribution >= 0.6 is 27.5 Å². The molecule has 0 aromatic heterocycles. The third-order valence-electron chi connectivity index (χ3n) is 2.66. The number of carbonyl (C=O) groups excluding carboxylic acids is 1. The monoisotopic (exact) mass is 371 g/mol. The fourth-order valence-corrected chi connectivity index (χ4v) is 2.18. The molecule has 3 nitrogen and oxygen atoms in total. The van der Waals surface area contributed by atoms with Crippen LogP contribution in [0.25, 0.3) is 0 Å². The van der Waals surface area contributed by atoms with Crippen molar-refractivity contribution in [3.05, 3.63) is 63.3 Å². The molecule has 2 aromatic rings. The van der Waals surface area contributed by atoms with Crippen molar-refractivity contribution in [3.8, 4) is 5.75 Å². The molecule has 6 heteroatoms. The van der Waals surface area contributed by atoms with Gasteiger partial charge in [0.1, 0.15) is 18.2 Å². The Morgan fingerprint density at radius 2 is 1.95 bits per heavy atom. The summed E-state index contributed by atoms with van der Waals surface area (Å²) in [5.74, 6) is -0.511. The molecule has 0 bridgehead atoms. The van der Waals surface area contributed by atoms with E-state index < -0.39 is 11.7 Å². The van der Waals surface area contributed by atoms with Gasteiger partial charge in [0.25, 0.3) is 5.91 Å². The van der Waals surface area contributed by atoms with E-state index in [1.54, 1.807) is 12.1 Å². The van der Waals surface area contributed by atoms with Gasteiger partial charge in [-0.2, -0.15) is 0 Å². The number of hydrogen-bond acceptors (Lipinski definition) is 2. The van der Waals surface area contributed by atoms with Gasteiger partial charge in [-0.15, -0.1) is 0 Å². The van der Waals surface area contributed by atoms with E-state index in [-0.39, 0.29) is 23.7 Å². The van der Waals surface area contributed by atoms with Crippen LogP contribution in [0.4, 0.5) is 4.39 Å². The number of hydrogen-bond donors (Lipinski definition) is 1. The Morgan fingerprint density at radius 3 is 2.62 bits per heavy atom. The highest BCUT2D eigenvalue weighted by Gasteiger charge is 2.14. The van der Waals surface area contributed by atoms with E-state index in [0.29, 0.717) is 5.75 Å². The summed E-state index contributed by atoms with van der Waals surface area (Å²) in [7, 11) is 0. The first-order chi connectivity index (χ1) is 10.1. The molecule has 0 heterocycles. The number of ether oxygens (including phenoxy) is 1. The Balaban J connectivity index is 1.83. The van der Waals surface area contributed by atoms with E-state index in [9.17, 15) is 9.18 Å². The standard InChI is InChI=1S/C15H12BrClFNO2/c16-10-4-6-11(7-5-10)21-9-8-19-15(20)14-12(17)2-1-3-13(14)18/h1-7H,8-9H2,(H,19,20). The van der Waals surface area contributed by atoms with E-state index in [4.69, 9.17) is 16.3 Å². The molecule has 0 aliphatic rings. The van der Waals surface area contributed by atoms with Crippen LogP contribution in [-0.4, -0.2) is 19.1 Å². The topological polar surface area (TPSA) is 38.3 Å². The van der Waals surface area contributed by atoms with Crippen LogP contribution in [0.15, 0.2) is 46.9 Å². The van der Waals surface area contributed by atoms with Gasteiger partial charge < -0.3 is 10.1 Å². The van der Waals surface area contributed by atoms with Gasteiger partial charge in [0.2, 0.25) is 0 Å². The highest BCUT2D eigenvalue weighted by atomic mass is 79.9. The minimum absolute atomic E-state index is 0.0846. The number of benzene rings is 2. The molecule has 2 aromatic carbocycles. The summed E-state index contributed by atoms with van der Waals surface area (Å²) in [5, 5.41) is 2.65. The Kier molecular flexibility index (Phi) is 5.59. The summed E-state index contributed by atoms with van der Waals surface area (Å²) in [4.78, 5) is 11.8. The van der Waals surface area contributed by atoms with Gasteiger partial charge in [0.05, 0.1) is 17.1 Å². The van der Waals surface area contributed by atoms with Crippen LogP contribution in [0.3, 0.4) is 0 Å². The Labute approximate surface area is 135 Å². The molecular weight excluding hydrogens is 361 g/mol. The molecule has 0 saturated heterocycles. The summed E-state index contributed by atoms with van der Waals surface area (Å²) in [6.07, 6.45) is 0. The predicted molar refractivity (Wildman–Crippen MR) is 83.4 cm³/mol. The van der Waals surface area contributed by atoms with Crippen molar-refractivity contribution in [1.29, 1.82) is 0 Å². The number of amides is 1. The fraction of sp³-hybridized carbons (Fsp3) is 0.133. The lowest BCUT2D eigenvalue weighted by molar-refractivity contribution is 0.0943. The second-order valence-electron chi connectivity index (χ2n) is 4.15. The van der Waals surface area contributed by atoms with Crippen LogP contribution in [0.2, 0.25) is 5.02 Å². The lowest BCUT2D eigenvalue weighted by Crippen LogP contribution is -2.29. The van der Waals surface area contributed by atoms with E-state index >= 15 is 0 Å². The lowest BCUT2D eigenvalue weighted by atomic mass is 10.2. The zero-order valence-electron chi connectivity index (χ0n) is 10.9. The highest BCUT2D eigenvalue weighted by Crippen LogP contribution is 2.18. The molecule has 0 radical (unpaired) electrons. The Bertz CT molecular complexity index is 614. The second kappa shape index (κ2) is 7.43. The largest absolute Gasteiger partial charge is 0.492 e. The van der Waals surface area contributed by atoms with Crippen molar-refractivity contribution < 1.29 is 13.9 Å². The summed E-state index contributed by atoms with van der Waals surface area (Å²) in [5.41, 5.74) is -0.150. The third-order valence-corrected chi connectivity index (χ3v) is 3.50. The van der Waals surface area contributed by atoms with Gasteiger partial charge >= 0.3 is 0 Å². The molecule has 1 N–H and O–H groups in total. The lowest BCUT2D eigenvalue weighted by Gasteiger charge is -2.09. The normalized spacial score (nSPS) is 10.2. The molecule has 0 spiro atoms.